The highest BCUT2D eigenvalue weighted by atomic mass is 16.5. The zero-order valence-electron chi connectivity index (χ0n) is 13.5. The number of carbonyl (C=O) groups is 2. The number of amides is 1. The van der Waals surface area contributed by atoms with Crippen LogP contribution in [0.4, 0.5) is 0 Å². The Bertz CT molecular complexity index is 590. The Kier molecular flexibility index (Phi) is 4.28. The third-order valence-electron chi connectivity index (χ3n) is 5.31. The van der Waals surface area contributed by atoms with Crippen LogP contribution in [-0.2, 0) is 15.0 Å². The average Bonchev–Trinajstić information content (AvgIpc) is 3.24. The quantitative estimate of drug-likeness (QED) is 0.927. The highest BCUT2D eigenvalue weighted by molar-refractivity contribution is 5.92. The number of likely N-dealkylation sites (tertiary alicyclic amines) is 1. The van der Waals surface area contributed by atoms with E-state index in [1.165, 1.54) is 0 Å². The summed E-state index contributed by atoms with van der Waals surface area (Å²) in [6.45, 7) is 0.549. The zero-order chi connectivity index (χ0) is 16.4. The Balaban J connectivity index is 1.93. The third-order valence-corrected chi connectivity index (χ3v) is 5.31. The number of carbonyl (C=O) groups excluding carboxylic acids is 1. The average molecular weight is 317 g/mol. The van der Waals surface area contributed by atoms with Crippen molar-refractivity contribution >= 4 is 11.9 Å². The molecule has 1 aromatic carbocycles. The molecular formula is C18H23NO4. The molecule has 124 valence electrons. The van der Waals surface area contributed by atoms with Gasteiger partial charge in [-0.2, -0.15) is 0 Å². The van der Waals surface area contributed by atoms with Crippen LogP contribution in [-0.4, -0.2) is 41.6 Å². The van der Waals surface area contributed by atoms with E-state index in [0.29, 0.717) is 13.0 Å². The summed E-state index contributed by atoms with van der Waals surface area (Å²) in [7, 11) is 1.62. The number of methoxy groups -OCH3 is 1. The van der Waals surface area contributed by atoms with Crippen molar-refractivity contribution in [3.05, 3.63) is 29.8 Å². The highest BCUT2D eigenvalue weighted by Crippen LogP contribution is 2.44. The maximum Gasteiger partial charge on any atom is 0.326 e. The number of ether oxygens (including phenoxy) is 1. The van der Waals surface area contributed by atoms with Crippen molar-refractivity contribution in [2.45, 2.75) is 50.0 Å². The van der Waals surface area contributed by atoms with E-state index in [4.69, 9.17) is 4.74 Å². The second-order valence-corrected chi connectivity index (χ2v) is 6.51. The maximum atomic E-state index is 13.3. The van der Waals surface area contributed by atoms with Gasteiger partial charge in [-0.3, -0.25) is 4.79 Å². The van der Waals surface area contributed by atoms with Gasteiger partial charge in [0.05, 0.1) is 12.5 Å². The monoisotopic (exact) mass is 317 g/mol. The van der Waals surface area contributed by atoms with Gasteiger partial charge in [0.15, 0.2) is 0 Å². The topological polar surface area (TPSA) is 66.8 Å². The lowest BCUT2D eigenvalue weighted by atomic mass is 9.77. The van der Waals surface area contributed by atoms with Gasteiger partial charge in [-0.15, -0.1) is 0 Å². The molecule has 1 aliphatic carbocycles. The summed E-state index contributed by atoms with van der Waals surface area (Å²) < 4.78 is 5.20. The molecule has 0 bridgehead atoms. The van der Waals surface area contributed by atoms with Crippen LogP contribution in [0.2, 0.25) is 0 Å². The van der Waals surface area contributed by atoms with Crippen LogP contribution in [0.25, 0.3) is 0 Å². The first-order valence-electron chi connectivity index (χ1n) is 8.27. The highest BCUT2D eigenvalue weighted by Gasteiger charge is 2.48. The van der Waals surface area contributed by atoms with Gasteiger partial charge >= 0.3 is 5.97 Å². The molecule has 1 aromatic rings. The number of hydrogen-bond acceptors (Lipinski definition) is 3. The molecule has 0 radical (unpaired) electrons. The van der Waals surface area contributed by atoms with Crippen molar-refractivity contribution in [2.75, 3.05) is 13.7 Å². The Hall–Kier alpha value is -2.04. The van der Waals surface area contributed by atoms with E-state index in [-0.39, 0.29) is 5.91 Å². The summed E-state index contributed by atoms with van der Waals surface area (Å²) in [4.78, 5) is 26.3. The molecule has 1 N–H and O–H groups in total. The Morgan fingerprint density at radius 1 is 1.17 bits per heavy atom. The molecule has 1 heterocycles. The lowest BCUT2D eigenvalue weighted by molar-refractivity contribution is -0.150. The first-order chi connectivity index (χ1) is 11.1. The number of nitrogens with zero attached hydrogens (tertiary/aromatic N) is 1. The number of benzene rings is 1. The van der Waals surface area contributed by atoms with E-state index < -0.39 is 17.4 Å². The van der Waals surface area contributed by atoms with Gasteiger partial charge in [0, 0.05) is 6.54 Å². The largest absolute Gasteiger partial charge is 0.497 e. The van der Waals surface area contributed by atoms with E-state index in [1.807, 2.05) is 24.3 Å². The summed E-state index contributed by atoms with van der Waals surface area (Å²) in [5, 5.41) is 9.39. The predicted octanol–water partition coefficient (Wildman–Crippen LogP) is 2.58. The smallest absolute Gasteiger partial charge is 0.326 e. The maximum absolute atomic E-state index is 13.3. The van der Waals surface area contributed by atoms with Gasteiger partial charge in [0.2, 0.25) is 5.91 Å². The predicted molar refractivity (Wildman–Crippen MR) is 85.5 cm³/mol. The van der Waals surface area contributed by atoms with Gasteiger partial charge in [-0.1, -0.05) is 25.0 Å². The summed E-state index contributed by atoms with van der Waals surface area (Å²) in [6.07, 6.45) is 4.91. The van der Waals surface area contributed by atoms with Crippen molar-refractivity contribution < 1.29 is 19.4 Å². The minimum atomic E-state index is -0.890. The summed E-state index contributed by atoms with van der Waals surface area (Å²) in [6, 6.07) is 6.99. The van der Waals surface area contributed by atoms with Crippen molar-refractivity contribution in [3.8, 4) is 5.75 Å². The molecule has 0 aromatic heterocycles. The molecular weight excluding hydrogens is 294 g/mol. The molecule has 1 saturated carbocycles. The first kappa shape index (κ1) is 15.8. The van der Waals surface area contributed by atoms with Crippen LogP contribution >= 0.6 is 0 Å². The minimum absolute atomic E-state index is 0.00920. The van der Waals surface area contributed by atoms with Gasteiger partial charge in [-0.05, 0) is 43.4 Å². The number of aliphatic carboxylic acids is 1. The van der Waals surface area contributed by atoms with Gasteiger partial charge in [0.25, 0.3) is 0 Å². The van der Waals surface area contributed by atoms with Crippen molar-refractivity contribution in [1.29, 1.82) is 0 Å². The van der Waals surface area contributed by atoms with E-state index in [2.05, 4.69) is 0 Å². The second kappa shape index (κ2) is 6.22. The van der Waals surface area contributed by atoms with Crippen LogP contribution in [0.5, 0.6) is 5.75 Å². The minimum Gasteiger partial charge on any atom is -0.497 e. The fourth-order valence-corrected chi connectivity index (χ4v) is 4.06. The van der Waals surface area contributed by atoms with Crippen LogP contribution in [0.15, 0.2) is 24.3 Å². The molecule has 23 heavy (non-hydrogen) atoms. The van der Waals surface area contributed by atoms with Crippen LogP contribution in [0.1, 0.15) is 44.1 Å². The Labute approximate surface area is 136 Å². The normalized spacial score (nSPS) is 23.0. The standard InChI is InChI=1S/C18H23NO4/c1-23-14-8-6-13(7-9-14)18(10-2-3-11-18)17(22)19-12-4-5-15(19)16(20)21/h6-9,15H,2-5,10-12H2,1H3,(H,20,21)/t15-/m1/s1. The van der Waals surface area contributed by atoms with E-state index >= 15 is 0 Å². The fraction of sp³-hybridized carbons (Fsp3) is 0.556. The Morgan fingerprint density at radius 2 is 1.83 bits per heavy atom. The molecule has 0 unspecified atom stereocenters. The van der Waals surface area contributed by atoms with Crippen LogP contribution in [0, 0.1) is 0 Å². The van der Waals surface area contributed by atoms with E-state index in [0.717, 1.165) is 43.4 Å². The number of hydrogen-bond donors (Lipinski definition) is 1. The molecule has 2 aliphatic rings. The van der Waals surface area contributed by atoms with Crippen molar-refractivity contribution in [2.24, 2.45) is 0 Å². The van der Waals surface area contributed by atoms with Gasteiger partial charge in [-0.25, -0.2) is 4.79 Å². The summed E-state index contributed by atoms with van der Waals surface area (Å²) in [5.74, 6) is -0.136. The third kappa shape index (κ3) is 2.69. The molecule has 5 heteroatoms. The number of carboxylic acid groups (broad SMARTS) is 1. The van der Waals surface area contributed by atoms with Crippen LogP contribution in [0.3, 0.4) is 0 Å². The molecule has 2 fully saturated rings. The fourth-order valence-electron chi connectivity index (χ4n) is 4.06. The molecule has 1 amide bonds. The van der Waals surface area contributed by atoms with Crippen molar-refractivity contribution in [1.82, 2.24) is 4.90 Å². The summed E-state index contributed by atoms with van der Waals surface area (Å²) >= 11 is 0. The molecule has 1 atom stereocenters. The summed E-state index contributed by atoms with van der Waals surface area (Å²) in [5.41, 5.74) is 0.418. The SMILES string of the molecule is COc1ccc(C2(C(=O)N3CCC[C@@H]3C(=O)O)CCCC2)cc1. The molecule has 1 saturated heterocycles. The lowest BCUT2D eigenvalue weighted by Crippen LogP contribution is -2.49. The molecule has 5 nitrogen and oxygen atoms in total. The number of carboxylic acids is 1. The van der Waals surface area contributed by atoms with Crippen LogP contribution < -0.4 is 4.74 Å². The van der Waals surface area contributed by atoms with Gasteiger partial charge in [0.1, 0.15) is 11.8 Å². The van der Waals surface area contributed by atoms with E-state index in [9.17, 15) is 14.7 Å². The Morgan fingerprint density at radius 3 is 2.39 bits per heavy atom. The molecule has 0 spiro atoms. The molecule has 3 rings (SSSR count). The van der Waals surface area contributed by atoms with Crippen molar-refractivity contribution in [3.63, 3.8) is 0 Å². The van der Waals surface area contributed by atoms with Gasteiger partial charge < -0.3 is 14.7 Å². The lowest BCUT2D eigenvalue weighted by Gasteiger charge is -2.34. The zero-order valence-corrected chi connectivity index (χ0v) is 13.5. The second-order valence-electron chi connectivity index (χ2n) is 6.51. The molecule has 1 aliphatic heterocycles. The first-order valence-corrected chi connectivity index (χ1v) is 8.27. The van der Waals surface area contributed by atoms with E-state index in [1.54, 1.807) is 12.0 Å². The number of rotatable bonds is 4.